The van der Waals surface area contributed by atoms with Crippen molar-refractivity contribution < 1.29 is 35.6 Å². The minimum Gasteiger partial charge on any atom is -0.313 e. The lowest BCUT2D eigenvalue weighted by atomic mass is 10.1. The van der Waals surface area contributed by atoms with Gasteiger partial charge in [0.25, 0.3) is 0 Å². The summed E-state index contributed by atoms with van der Waals surface area (Å²) in [5.74, 6) is -1.60. The molecule has 0 saturated heterocycles. The highest BCUT2D eigenvalue weighted by Gasteiger charge is 2.40. The summed E-state index contributed by atoms with van der Waals surface area (Å²) >= 11 is 0. The predicted molar refractivity (Wildman–Crippen MR) is 138 cm³/mol. The van der Waals surface area contributed by atoms with Crippen molar-refractivity contribution in [2.75, 3.05) is 6.26 Å². The zero-order chi connectivity index (χ0) is 28.5. The normalized spacial score (nSPS) is 12.4. The average molecular weight is 559 g/mol. The fourth-order valence-corrected chi connectivity index (χ4v) is 4.57. The van der Waals surface area contributed by atoms with E-state index in [1.54, 1.807) is 19.1 Å². The molecule has 6 nitrogen and oxygen atoms in total. The summed E-state index contributed by atoms with van der Waals surface area (Å²) in [5.41, 5.74) is 0.0991. The number of carbonyl (C=O) groups is 1. The number of alkyl halides is 3. The summed E-state index contributed by atoms with van der Waals surface area (Å²) in [7, 11) is -3.51. The molecule has 0 fully saturated rings. The first-order valence-electron chi connectivity index (χ1n) is 11.5. The molecule has 0 unspecified atom stereocenters. The van der Waals surface area contributed by atoms with E-state index in [1.165, 1.54) is 66.1 Å². The number of nitrogens with zero attached hydrogens (tertiary/aromatic N) is 2. The lowest BCUT2D eigenvalue weighted by Crippen LogP contribution is -2.25. The predicted octanol–water partition coefficient (Wildman–Crippen LogP) is 6.43. The Bertz CT molecular complexity index is 1650. The van der Waals surface area contributed by atoms with Crippen LogP contribution in [0.5, 0.6) is 0 Å². The van der Waals surface area contributed by atoms with Crippen LogP contribution < -0.4 is 0 Å². The molecule has 0 aliphatic rings. The smallest absolute Gasteiger partial charge is 0.313 e. The van der Waals surface area contributed by atoms with Crippen LogP contribution in [0.2, 0.25) is 0 Å². The number of aryl methyl sites for hydroxylation is 1. The molecule has 3 aromatic carbocycles. The van der Waals surface area contributed by atoms with E-state index in [0.29, 0.717) is 11.3 Å². The van der Waals surface area contributed by atoms with Crippen LogP contribution in [0.4, 0.5) is 17.6 Å². The summed E-state index contributed by atoms with van der Waals surface area (Å²) in [6, 6.07) is 17.9. The van der Waals surface area contributed by atoms with Crippen molar-refractivity contribution in [3.63, 3.8) is 0 Å². The number of sulfone groups is 1. The van der Waals surface area contributed by atoms with E-state index in [9.17, 15) is 30.8 Å². The van der Waals surface area contributed by atoms with Crippen molar-refractivity contribution in [1.29, 1.82) is 0 Å². The second kappa shape index (κ2) is 10.5. The Hall–Kier alpha value is -4.25. The van der Waals surface area contributed by atoms with E-state index < -0.39 is 33.5 Å². The molecule has 0 amide bonds. The van der Waals surface area contributed by atoms with Gasteiger partial charge in [-0.2, -0.15) is 13.2 Å². The molecule has 39 heavy (non-hydrogen) atoms. The molecule has 4 aromatic rings. The van der Waals surface area contributed by atoms with Crippen LogP contribution >= 0.6 is 0 Å². The molecule has 0 aliphatic heterocycles. The molecule has 1 aromatic heterocycles. The molecule has 0 N–H and O–H groups in total. The van der Waals surface area contributed by atoms with Crippen LogP contribution in [0.25, 0.3) is 16.9 Å². The standard InChI is InChI=1S/C28H22F4N2O4S/c1-17-4-6-20(7-5-17)27(35)38-33-26(28(30,31)32)24-16-25(19-8-14-23(15-9-19)39(3,36)37)34(18(24)2)22-12-10-21(29)11-13-22/h4-16H,1-3H3. The third kappa shape index (κ3) is 6.09. The first-order chi connectivity index (χ1) is 18.3. The van der Waals surface area contributed by atoms with Gasteiger partial charge in [-0.25, -0.2) is 17.6 Å². The topological polar surface area (TPSA) is 77.7 Å². The molecule has 0 saturated carbocycles. The number of rotatable bonds is 6. The van der Waals surface area contributed by atoms with Crippen LogP contribution in [0.3, 0.4) is 0 Å². The highest BCUT2D eigenvalue weighted by Crippen LogP contribution is 2.34. The van der Waals surface area contributed by atoms with Crippen molar-refractivity contribution in [2.24, 2.45) is 5.16 Å². The summed E-state index contributed by atoms with van der Waals surface area (Å²) in [4.78, 5) is 17.1. The van der Waals surface area contributed by atoms with E-state index in [-0.39, 0.29) is 27.4 Å². The van der Waals surface area contributed by atoms with Crippen molar-refractivity contribution >= 4 is 21.5 Å². The summed E-state index contributed by atoms with van der Waals surface area (Å²) < 4.78 is 81.5. The van der Waals surface area contributed by atoms with Crippen LogP contribution in [0.15, 0.2) is 88.9 Å². The van der Waals surface area contributed by atoms with E-state index in [2.05, 4.69) is 5.16 Å². The average Bonchev–Trinajstić information content (AvgIpc) is 3.20. The van der Waals surface area contributed by atoms with Gasteiger partial charge in [-0.3, -0.25) is 0 Å². The van der Waals surface area contributed by atoms with Crippen molar-refractivity contribution in [2.45, 2.75) is 24.9 Å². The van der Waals surface area contributed by atoms with Crippen LogP contribution in [-0.2, 0) is 14.7 Å². The van der Waals surface area contributed by atoms with Gasteiger partial charge in [0, 0.05) is 23.2 Å². The van der Waals surface area contributed by atoms with Gasteiger partial charge in [-0.1, -0.05) is 35.0 Å². The zero-order valence-corrected chi connectivity index (χ0v) is 21.8. The fourth-order valence-electron chi connectivity index (χ4n) is 3.94. The Morgan fingerprint density at radius 1 is 0.897 bits per heavy atom. The number of hydrogen-bond acceptors (Lipinski definition) is 5. The van der Waals surface area contributed by atoms with Gasteiger partial charge in [0.1, 0.15) is 5.82 Å². The number of halogens is 4. The van der Waals surface area contributed by atoms with E-state index >= 15 is 0 Å². The maximum Gasteiger partial charge on any atom is 0.437 e. The summed E-state index contributed by atoms with van der Waals surface area (Å²) in [6.45, 7) is 3.20. The molecule has 1 heterocycles. The van der Waals surface area contributed by atoms with Gasteiger partial charge in [0.15, 0.2) is 15.5 Å². The second-order valence-electron chi connectivity index (χ2n) is 8.82. The molecular formula is C28H22F4N2O4S. The molecule has 11 heteroatoms. The van der Waals surface area contributed by atoms with Crippen molar-refractivity contribution in [1.82, 2.24) is 4.57 Å². The summed E-state index contributed by atoms with van der Waals surface area (Å²) in [5, 5.41) is 3.22. The Balaban J connectivity index is 1.86. The number of carbonyl (C=O) groups excluding carboxylic acids is 1. The molecular weight excluding hydrogens is 536 g/mol. The van der Waals surface area contributed by atoms with E-state index in [1.807, 2.05) is 0 Å². The molecule has 202 valence electrons. The molecule has 0 spiro atoms. The number of benzene rings is 3. The molecule has 0 bridgehead atoms. The Morgan fingerprint density at radius 3 is 2.03 bits per heavy atom. The van der Waals surface area contributed by atoms with Crippen LogP contribution in [0.1, 0.15) is 27.2 Å². The Labute approximate surface area is 222 Å². The highest BCUT2D eigenvalue weighted by atomic mass is 32.2. The summed E-state index contributed by atoms with van der Waals surface area (Å²) in [6.07, 6.45) is -3.97. The maximum absolute atomic E-state index is 14.2. The third-order valence-corrected chi connectivity index (χ3v) is 7.07. The minimum absolute atomic E-state index is 0.0261. The molecule has 0 aliphatic carbocycles. The monoisotopic (exact) mass is 558 g/mol. The number of oxime groups is 1. The minimum atomic E-state index is -5.01. The fraction of sp³-hybridized carbons (Fsp3) is 0.143. The largest absolute Gasteiger partial charge is 0.437 e. The lowest BCUT2D eigenvalue weighted by Gasteiger charge is -2.14. The second-order valence-corrected chi connectivity index (χ2v) is 10.8. The first-order valence-corrected chi connectivity index (χ1v) is 13.4. The van der Waals surface area contributed by atoms with Gasteiger partial charge in [0.05, 0.1) is 16.2 Å². The Morgan fingerprint density at radius 2 is 1.49 bits per heavy atom. The maximum atomic E-state index is 14.2. The van der Waals surface area contributed by atoms with Gasteiger partial charge in [-0.05, 0) is 74.0 Å². The molecule has 0 atom stereocenters. The SMILES string of the molecule is Cc1ccc(C(=O)ON=C(c2cc(-c3ccc(S(C)(=O)=O)cc3)n(-c3ccc(F)cc3)c2C)C(F)(F)F)cc1. The first kappa shape index (κ1) is 27.8. The van der Waals surface area contributed by atoms with Gasteiger partial charge >= 0.3 is 12.1 Å². The van der Waals surface area contributed by atoms with Gasteiger partial charge < -0.3 is 9.40 Å². The zero-order valence-electron chi connectivity index (χ0n) is 21.0. The van der Waals surface area contributed by atoms with E-state index in [0.717, 1.165) is 24.0 Å². The Kier molecular flexibility index (Phi) is 7.47. The quantitative estimate of drug-likeness (QED) is 0.118. The van der Waals surface area contributed by atoms with Crippen molar-refractivity contribution in [3.05, 3.63) is 107 Å². The van der Waals surface area contributed by atoms with Crippen LogP contribution in [0, 0.1) is 19.7 Å². The van der Waals surface area contributed by atoms with E-state index in [4.69, 9.17) is 4.84 Å². The van der Waals surface area contributed by atoms with Gasteiger partial charge in [-0.15, -0.1) is 0 Å². The van der Waals surface area contributed by atoms with Gasteiger partial charge in [0.2, 0.25) is 0 Å². The number of aromatic nitrogens is 1. The third-order valence-electron chi connectivity index (χ3n) is 5.94. The lowest BCUT2D eigenvalue weighted by molar-refractivity contribution is -0.0605. The van der Waals surface area contributed by atoms with Crippen molar-refractivity contribution in [3.8, 4) is 16.9 Å². The number of hydrogen-bond donors (Lipinski definition) is 0. The van der Waals surface area contributed by atoms with Crippen LogP contribution in [-0.4, -0.2) is 37.1 Å². The molecule has 4 rings (SSSR count). The molecule has 0 radical (unpaired) electrons. The highest BCUT2D eigenvalue weighted by molar-refractivity contribution is 7.90.